The van der Waals surface area contributed by atoms with Crippen molar-refractivity contribution in [1.82, 2.24) is 4.90 Å². The van der Waals surface area contributed by atoms with Crippen LogP contribution in [0.15, 0.2) is 53.5 Å². The van der Waals surface area contributed by atoms with E-state index in [1.165, 1.54) is 0 Å². The number of hydrogen-bond acceptors (Lipinski definition) is 7. The highest BCUT2D eigenvalue weighted by atomic mass is 32.2. The monoisotopic (exact) mass is 457 g/mol. The zero-order valence-corrected chi connectivity index (χ0v) is 19.7. The predicted molar refractivity (Wildman–Crippen MR) is 130 cm³/mol. The first-order valence-electron chi connectivity index (χ1n) is 9.99. The van der Waals surface area contributed by atoms with Crippen LogP contribution in [0.1, 0.15) is 21.5 Å². The van der Waals surface area contributed by atoms with Crippen molar-refractivity contribution in [3.8, 4) is 0 Å². The number of amides is 1. The van der Waals surface area contributed by atoms with Gasteiger partial charge in [-0.3, -0.25) is 9.79 Å². The second-order valence-corrected chi connectivity index (χ2v) is 9.63. The second kappa shape index (κ2) is 11.2. The Balaban J connectivity index is 1.52. The number of hydrogen-bond donors (Lipinski definition) is 0. The van der Waals surface area contributed by atoms with Gasteiger partial charge in [0.25, 0.3) is 5.91 Å². The molecule has 0 spiro atoms. The summed E-state index contributed by atoms with van der Waals surface area (Å²) in [6.07, 6.45) is 0. The van der Waals surface area contributed by atoms with Crippen molar-refractivity contribution in [3.63, 3.8) is 0 Å². The third kappa shape index (κ3) is 6.77. The van der Waals surface area contributed by atoms with Crippen LogP contribution in [0, 0.1) is 0 Å². The summed E-state index contributed by atoms with van der Waals surface area (Å²) in [5, 5.41) is 0. The molecule has 2 aromatic carbocycles. The lowest BCUT2D eigenvalue weighted by atomic mass is 10.1. The number of aliphatic imine (C=N–C) groups is 1. The molecule has 0 bridgehead atoms. The molecule has 0 aromatic heterocycles. The first kappa shape index (κ1) is 23.2. The van der Waals surface area contributed by atoms with Crippen LogP contribution < -0.4 is 4.90 Å². The minimum Gasteiger partial charge on any atom is -0.452 e. The van der Waals surface area contributed by atoms with E-state index >= 15 is 0 Å². The average molecular weight is 458 g/mol. The van der Waals surface area contributed by atoms with E-state index < -0.39 is 5.97 Å². The van der Waals surface area contributed by atoms with E-state index in [4.69, 9.17) is 4.74 Å². The third-order valence-electron chi connectivity index (χ3n) is 4.77. The zero-order chi connectivity index (χ0) is 22.2. The maximum atomic E-state index is 12.6. The summed E-state index contributed by atoms with van der Waals surface area (Å²) in [5.74, 6) is 0.943. The highest BCUT2D eigenvalue weighted by Gasteiger charge is 2.17. The van der Waals surface area contributed by atoms with E-state index in [1.807, 2.05) is 55.4 Å². The Morgan fingerprint density at radius 2 is 1.84 bits per heavy atom. The van der Waals surface area contributed by atoms with Crippen LogP contribution in [0.25, 0.3) is 0 Å². The van der Waals surface area contributed by atoms with E-state index in [0.717, 1.165) is 33.5 Å². The fourth-order valence-electron chi connectivity index (χ4n) is 2.96. The Labute approximate surface area is 192 Å². The molecular formula is C23H27N3O3S2. The first-order chi connectivity index (χ1) is 14.9. The SMILES string of the molecule is CN(Cc1ccc(N(C)C)cc1)C(=O)COC(=O)c1ccccc1CSC1=NCCS1. The lowest BCUT2D eigenvalue weighted by Gasteiger charge is -2.18. The van der Waals surface area contributed by atoms with Crippen molar-refractivity contribution >= 4 is 45.5 Å². The molecule has 0 fully saturated rings. The van der Waals surface area contributed by atoms with Crippen molar-refractivity contribution in [1.29, 1.82) is 0 Å². The molecule has 0 radical (unpaired) electrons. The van der Waals surface area contributed by atoms with Gasteiger partial charge in [-0.15, -0.1) is 0 Å². The number of rotatable bonds is 8. The molecule has 1 aliphatic heterocycles. The minimum atomic E-state index is -0.478. The Morgan fingerprint density at radius 3 is 2.52 bits per heavy atom. The maximum Gasteiger partial charge on any atom is 0.338 e. The summed E-state index contributed by atoms with van der Waals surface area (Å²) in [5.41, 5.74) is 3.49. The van der Waals surface area contributed by atoms with Crippen molar-refractivity contribution in [2.75, 3.05) is 44.9 Å². The summed E-state index contributed by atoms with van der Waals surface area (Å²) in [6, 6.07) is 15.4. The topological polar surface area (TPSA) is 62.2 Å². The highest BCUT2D eigenvalue weighted by Crippen LogP contribution is 2.26. The molecule has 1 aliphatic rings. The van der Waals surface area contributed by atoms with E-state index in [2.05, 4.69) is 4.99 Å². The number of anilines is 1. The molecule has 2 aromatic rings. The molecule has 0 saturated heterocycles. The van der Waals surface area contributed by atoms with E-state index in [1.54, 1.807) is 47.6 Å². The Morgan fingerprint density at radius 1 is 1.10 bits per heavy atom. The van der Waals surface area contributed by atoms with Gasteiger partial charge in [-0.05, 0) is 29.3 Å². The molecule has 1 heterocycles. The van der Waals surface area contributed by atoms with Gasteiger partial charge in [-0.1, -0.05) is 53.9 Å². The number of carbonyl (C=O) groups is 2. The largest absolute Gasteiger partial charge is 0.452 e. The van der Waals surface area contributed by atoms with Gasteiger partial charge in [0.05, 0.1) is 12.1 Å². The second-order valence-electron chi connectivity index (χ2n) is 7.33. The molecule has 0 aliphatic carbocycles. The van der Waals surface area contributed by atoms with Crippen LogP contribution in [0.5, 0.6) is 0 Å². The van der Waals surface area contributed by atoms with Crippen molar-refractivity contribution in [2.24, 2.45) is 4.99 Å². The van der Waals surface area contributed by atoms with Crippen LogP contribution in [-0.4, -0.2) is 61.2 Å². The molecule has 0 atom stereocenters. The van der Waals surface area contributed by atoms with Crippen molar-refractivity contribution in [2.45, 2.75) is 12.3 Å². The number of thioether (sulfide) groups is 2. The van der Waals surface area contributed by atoms with Gasteiger partial charge in [-0.2, -0.15) is 0 Å². The molecule has 0 N–H and O–H groups in total. The fraction of sp³-hybridized carbons (Fsp3) is 0.348. The molecule has 6 nitrogen and oxygen atoms in total. The van der Waals surface area contributed by atoms with Gasteiger partial charge < -0.3 is 14.5 Å². The number of ether oxygens (including phenoxy) is 1. The van der Waals surface area contributed by atoms with Gasteiger partial charge in [-0.25, -0.2) is 4.79 Å². The molecule has 164 valence electrons. The van der Waals surface area contributed by atoms with Gasteiger partial charge in [0.1, 0.15) is 4.38 Å². The highest BCUT2D eigenvalue weighted by molar-refractivity contribution is 8.38. The van der Waals surface area contributed by atoms with Crippen LogP contribution in [0.2, 0.25) is 0 Å². The normalized spacial score (nSPS) is 12.9. The van der Waals surface area contributed by atoms with Crippen molar-refractivity contribution < 1.29 is 14.3 Å². The zero-order valence-electron chi connectivity index (χ0n) is 18.0. The van der Waals surface area contributed by atoms with Crippen LogP contribution in [0.4, 0.5) is 5.69 Å². The molecule has 0 saturated carbocycles. The van der Waals surface area contributed by atoms with E-state index in [0.29, 0.717) is 17.9 Å². The van der Waals surface area contributed by atoms with Crippen LogP contribution >= 0.6 is 23.5 Å². The standard InChI is InChI=1S/C23H27N3O3S2/c1-25(2)19-10-8-17(9-11-19)14-26(3)21(27)15-29-22(28)20-7-5-4-6-18(20)16-31-23-24-12-13-30-23/h4-11H,12-16H2,1-3H3. The average Bonchev–Trinajstić information content (AvgIpc) is 3.30. The van der Waals surface area contributed by atoms with Gasteiger partial charge in [0, 0.05) is 44.9 Å². The lowest BCUT2D eigenvalue weighted by molar-refractivity contribution is -0.133. The number of esters is 1. The van der Waals surface area contributed by atoms with Gasteiger partial charge in [0.15, 0.2) is 6.61 Å². The molecule has 8 heteroatoms. The van der Waals surface area contributed by atoms with E-state index in [9.17, 15) is 9.59 Å². The fourth-order valence-corrected chi connectivity index (χ4v) is 4.98. The minimum absolute atomic E-state index is 0.242. The molecule has 0 unspecified atom stereocenters. The number of benzene rings is 2. The van der Waals surface area contributed by atoms with Crippen LogP contribution in [0.3, 0.4) is 0 Å². The lowest BCUT2D eigenvalue weighted by Crippen LogP contribution is -2.31. The van der Waals surface area contributed by atoms with Gasteiger partial charge >= 0.3 is 5.97 Å². The summed E-state index contributed by atoms with van der Waals surface area (Å²) in [4.78, 5) is 33.1. The van der Waals surface area contributed by atoms with E-state index in [-0.39, 0.29) is 12.5 Å². The Bertz CT molecular complexity index is 945. The predicted octanol–water partition coefficient (Wildman–Crippen LogP) is 3.90. The quantitative estimate of drug-likeness (QED) is 0.560. The number of nitrogens with zero attached hydrogens (tertiary/aromatic N) is 3. The maximum absolute atomic E-state index is 12.6. The first-order valence-corrected chi connectivity index (χ1v) is 12.0. The molecule has 1 amide bonds. The number of likely N-dealkylation sites (N-methyl/N-ethyl adjacent to an activating group) is 1. The molecular weight excluding hydrogens is 430 g/mol. The van der Waals surface area contributed by atoms with Crippen molar-refractivity contribution in [3.05, 3.63) is 65.2 Å². The van der Waals surface area contributed by atoms with Gasteiger partial charge in [0.2, 0.25) is 0 Å². The Hall–Kier alpha value is -2.45. The molecule has 3 rings (SSSR count). The summed E-state index contributed by atoms with van der Waals surface area (Å²) < 4.78 is 6.38. The number of carbonyl (C=O) groups excluding carboxylic acids is 2. The van der Waals surface area contributed by atoms with Crippen LogP contribution in [-0.2, 0) is 21.8 Å². The summed E-state index contributed by atoms with van der Waals surface area (Å²) >= 11 is 3.37. The third-order valence-corrected chi connectivity index (χ3v) is 7.07. The summed E-state index contributed by atoms with van der Waals surface area (Å²) in [6.45, 7) is 1.03. The molecule has 31 heavy (non-hydrogen) atoms. The summed E-state index contributed by atoms with van der Waals surface area (Å²) in [7, 11) is 5.68. The Kier molecular flexibility index (Phi) is 8.43. The smallest absolute Gasteiger partial charge is 0.338 e.